The predicted octanol–water partition coefficient (Wildman–Crippen LogP) is 1.67. The van der Waals surface area contributed by atoms with Gasteiger partial charge in [0.1, 0.15) is 6.61 Å². The van der Waals surface area contributed by atoms with E-state index in [1.54, 1.807) is 0 Å². The highest BCUT2D eigenvalue weighted by Gasteiger charge is 2.20. The van der Waals surface area contributed by atoms with Gasteiger partial charge in [0.15, 0.2) is 23.6 Å². The van der Waals surface area contributed by atoms with E-state index in [0.29, 0.717) is 25.2 Å². The molecule has 3 N–H and O–H groups in total. The number of ether oxygens (including phenoxy) is 2. The molecule has 0 amide bonds. The zero-order chi connectivity index (χ0) is 13.8. The maximum atomic E-state index is 5.91. The van der Waals surface area contributed by atoms with Gasteiger partial charge in [-0.25, -0.2) is 4.99 Å². The SMILES string of the molecule is NC(=NC[C@H]1COc2ccccc2O1)NC1CCCC1. The molecule has 0 saturated heterocycles. The van der Waals surface area contributed by atoms with Gasteiger partial charge in [0, 0.05) is 6.04 Å². The first-order valence-corrected chi connectivity index (χ1v) is 7.26. The molecule has 0 spiro atoms. The lowest BCUT2D eigenvalue weighted by molar-refractivity contribution is 0.0971. The van der Waals surface area contributed by atoms with E-state index in [9.17, 15) is 0 Å². The molecule has 1 aliphatic carbocycles. The lowest BCUT2D eigenvalue weighted by Crippen LogP contribution is -2.40. The molecular formula is C15H21N3O2. The largest absolute Gasteiger partial charge is 0.486 e. The number of aliphatic imine (C=N–C) groups is 1. The average molecular weight is 275 g/mol. The highest BCUT2D eigenvalue weighted by atomic mass is 16.6. The Bertz CT molecular complexity index is 484. The highest BCUT2D eigenvalue weighted by molar-refractivity contribution is 5.78. The number of nitrogens with zero attached hydrogens (tertiary/aromatic N) is 1. The second-order valence-electron chi connectivity index (χ2n) is 5.35. The first kappa shape index (κ1) is 13.1. The summed E-state index contributed by atoms with van der Waals surface area (Å²) in [5.74, 6) is 2.09. The summed E-state index contributed by atoms with van der Waals surface area (Å²) in [7, 11) is 0. The van der Waals surface area contributed by atoms with Crippen LogP contribution in [0.2, 0.25) is 0 Å². The zero-order valence-electron chi connectivity index (χ0n) is 11.5. The van der Waals surface area contributed by atoms with Crippen LogP contribution in [0.15, 0.2) is 29.3 Å². The molecule has 1 heterocycles. The highest BCUT2D eigenvalue weighted by Crippen LogP contribution is 2.30. The van der Waals surface area contributed by atoms with E-state index in [4.69, 9.17) is 15.2 Å². The number of fused-ring (bicyclic) bond motifs is 1. The minimum absolute atomic E-state index is 0.0752. The maximum Gasteiger partial charge on any atom is 0.188 e. The van der Waals surface area contributed by atoms with Crippen LogP contribution >= 0.6 is 0 Å². The Kier molecular flexibility index (Phi) is 3.95. The quantitative estimate of drug-likeness (QED) is 0.650. The molecular weight excluding hydrogens is 254 g/mol. The second-order valence-corrected chi connectivity index (χ2v) is 5.35. The van der Waals surface area contributed by atoms with Crippen LogP contribution in [0.1, 0.15) is 25.7 Å². The number of benzene rings is 1. The Hall–Kier alpha value is -1.91. The lowest BCUT2D eigenvalue weighted by atomic mass is 10.2. The number of nitrogens with one attached hydrogen (secondary N) is 1. The molecule has 3 rings (SSSR count). The van der Waals surface area contributed by atoms with Gasteiger partial charge in [0.05, 0.1) is 6.54 Å². The summed E-state index contributed by atoms with van der Waals surface area (Å²) in [4.78, 5) is 4.36. The van der Waals surface area contributed by atoms with Crippen LogP contribution in [0.4, 0.5) is 0 Å². The average Bonchev–Trinajstić information content (AvgIpc) is 2.98. The summed E-state index contributed by atoms with van der Waals surface area (Å²) >= 11 is 0. The van der Waals surface area contributed by atoms with Crippen LogP contribution in [-0.2, 0) is 0 Å². The third-order valence-electron chi connectivity index (χ3n) is 3.74. The molecule has 1 atom stereocenters. The summed E-state index contributed by atoms with van der Waals surface area (Å²) in [6.45, 7) is 1.02. The zero-order valence-corrected chi connectivity index (χ0v) is 11.5. The van der Waals surface area contributed by atoms with Crippen LogP contribution in [0.5, 0.6) is 11.5 Å². The van der Waals surface area contributed by atoms with Crippen molar-refractivity contribution in [1.82, 2.24) is 5.32 Å². The molecule has 1 aliphatic heterocycles. The number of hydrogen-bond donors (Lipinski definition) is 2. The van der Waals surface area contributed by atoms with Crippen molar-refractivity contribution in [2.75, 3.05) is 13.2 Å². The van der Waals surface area contributed by atoms with Crippen molar-refractivity contribution in [2.45, 2.75) is 37.8 Å². The van der Waals surface area contributed by atoms with E-state index >= 15 is 0 Å². The Morgan fingerprint density at radius 2 is 2.00 bits per heavy atom. The summed E-state index contributed by atoms with van der Waals surface area (Å²) in [5, 5.41) is 3.27. The normalized spacial score (nSPS) is 22.8. The van der Waals surface area contributed by atoms with Crippen molar-refractivity contribution >= 4 is 5.96 Å². The van der Waals surface area contributed by atoms with E-state index in [1.165, 1.54) is 25.7 Å². The van der Waals surface area contributed by atoms with Gasteiger partial charge in [0.25, 0.3) is 0 Å². The molecule has 1 fully saturated rings. The Morgan fingerprint density at radius 3 is 2.80 bits per heavy atom. The molecule has 1 aromatic carbocycles. The van der Waals surface area contributed by atoms with E-state index < -0.39 is 0 Å². The fraction of sp³-hybridized carbons (Fsp3) is 0.533. The van der Waals surface area contributed by atoms with Crippen molar-refractivity contribution in [1.29, 1.82) is 0 Å². The molecule has 20 heavy (non-hydrogen) atoms. The Balaban J connectivity index is 1.51. The molecule has 5 nitrogen and oxygen atoms in total. The van der Waals surface area contributed by atoms with Gasteiger partial charge in [0.2, 0.25) is 0 Å². The molecule has 5 heteroatoms. The minimum atomic E-state index is -0.0752. The van der Waals surface area contributed by atoms with Gasteiger partial charge in [-0.15, -0.1) is 0 Å². The standard InChI is InChI=1S/C15H21N3O2/c16-15(18-11-5-1-2-6-11)17-9-12-10-19-13-7-3-4-8-14(13)20-12/h3-4,7-8,11-12H,1-2,5-6,9-10H2,(H3,16,17,18)/t12-/m0/s1. The lowest BCUT2D eigenvalue weighted by Gasteiger charge is -2.25. The fourth-order valence-corrected chi connectivity index (χ4v) is 2.68. The molecule has 0 radical (unpaired) electrons. The van der Waals surface area contributed by atoms with Gasteiger partial charge < -0.3 is 20.5 Å². The minimum Gasteiger partial charge on any atom is -0.486 e. The summed E-state index contributed by atoms with van der Waals surface area (Å²) < 4.78 is 11.5. The van der Waals surface area contributed by atoms with Crippen LogP contribution in [-0.4, -0.2) is 31.3 Å². The van der Waals surface area contributed by atoms with Crippen molar-refractivity contribution in [3.8, 4) is 11.5 Å². The van der Waals surface area contributed by atoms with Crippen molar-refractivity contribution in [2.24, 2.45) is 10.7 Å². The fourth-order valence-electron chi connectivity index (χ4n) is 2.68. The number of nitrogens with two attached hydrogens (primary N) is 1. The van der Waals surface area contributed by atoms with Crippen molar-refractivity contribution < 1.29 is 9.47 Å². The van der Waals surface area contributed by atoms with Gasteiger partial charge in [-0.3, -0.25) is 0 Å². The number of rotatable bonds is 3. The van der Waals surface area contributed by atoms with Crippen molar-refractivity contribution in [3.63, 3.8) is 0 Å². The molecule has 1 aromatic rings. The van der Waals surface area contributed by atoms with Crippen LogP contribution < -0.4 is 20.5 Å². The maximum absolute atomic E-state index is 5.91. The number of guanidine groups is 1. The molecule has 2 aliphatic rings. The molecule has 1 saturated carbocycles. The van der Waals surface area contributed by atoms with Crippen LogP contribution in [0.3, 0.4) is 0 Å². The van der Waals surface area contributed by atoms with E-state index in [0.717, 1.165) is 11.5 Å². The number of para-hydroxylation sites is 2. The van der Waals surface area contributed by atoms with E-state index in [2.05, 4.69) is 10.3 Å². The third kappa shape index (κ3) is 3.15. The molecule has 0 aromatic heterocycles. The number of hydrogen-bond acceptors (Lipinski definition) is 3. The summed E-state index contributed by atoms with van der Waals surface area (Å²) in [6.07, 6.45) is 4.86. The van der Waals surface area contributed by atoms with Crippen molar-refractivity contribution in [3.05, 3.63) is 24.3 Å². The first-order valence-electron chi connectivity index (χ1n) is 7.26. The Labute approximate surface area is 119 Å². The summed E-state index contributed by atoms with van der Waals surface area (Å²) in [5.41, 5.74) is 5.91. The van der Waals surface area contributed by atoms with Gasteiger partial charge in [-0.05, 0) is 25.0 Å². The van der Waals surface area contributed by atoms with Crippen LogP contribution in [0.25, 0.3) is 0 Å². The smallest absolute Gasteiger partial charge is 0.188 e. The second kappa shape index (κ2) is 6.03. The third-order valence-corrected chi connectivity index (χ3v) is 3.74. The first-order chi connectivity index (χ1) is 9.81. The molecule has 0 unspecified atom stereocenters. The van der Waals surface area contributed by atoms with Gasteiger partial charge in [-0.2, -0.15) is 0 Å². The van der Waals surface area contributed by atoms with Crippen LogP contribution in [0, 0.1) is 0 Å². The monoisotopic (exact) mass is 275 g/mol. The topological polar surface area (TPSA) is 68.9 Å². The van der Waals surface area contributed by atoms with E-state index in [1.807, 2.05) is 24.3 Å². The Morgan fingerprint density at radius 1 is 1.25 bits per heavy atom. The van der Waals surface area contributed by atoms with E-state index in [-0.39, 0.29) is 6.10 Å². The predicted molar refractivity (Wildman–Crippen MR) is 78.2 cm³/mol. The van der Waals surface area contributed by atoms with Gasteiger partial charge in [-0.1, -0.05) is 25.0 Å². The molecule has 0 bridgehead atoms. The van der Waals surface area contributed by atoms with Gasteiger partial charge >= 0.3 is 0 Å². The summed E-state index contributed by atoms with van der Waals surface area (Å²) in [6, 6.07) is 8.17. The molecule has 108 valence electrons.